The lowest BCUT2D eigenvalue weighted by Gasteiger charge is -2.13. The second kappa shape index (κ2) is 3.42. The van der Waals surface area contributed by atoms with E-state index in [2.05, 4.69) is 21.2 Å². The zero-order valence-electron chi connectivity index (χ0n) is 5.37. The van der Waals surface area contributed by atoms with Gasteiger partial charge in [-0.05, 0) is 13.8 Å². The van der Waals surface area contributed by atoms with E-state index in [0.717, 1.165) is 0 Å². The van der Waals surface area contributed by atoms with Gasteiger partial charge in [0.1, 0.15) is 4.87 Å². The van der Waals surface area contributed by atoms with Crippen LogP contribution in [-0.2, 0) is 4.79 Å². The van der Waals surface area contributed by atoms with Crippen LogP contribution in [0.25, 0.3) is 0 Å². The Morgan fingerprint density at radius 2 is 2.22 bits per heavy atom. The van der Waals surface area contributed by atoms with Crippen molar-refractivity contribution in [3.8, 4) is 0 Å². The summed E-state index contributed by atoms with van der Waals surface area (Å²) in [5, 5.41) is 2.53. The van der Waals surface area contributed by atoms with Crippen molar-refractivity contribution in [2.75, 3.05) is 5.45 Å². The molecular weight excluding hydrogens is 205 g/mol. The number of amides is 1. The predicted molar refractivity (Wildman–Crippen MR) is 41.9 cm³/mol. The van der Waals surface area contributed by atoms with E-state index in [0.29, 0.717) is 5.45 Å². The monoisotopic (exact) mass is 213 g/mol. The molecule has 0 rings (SSSR count). The molecular formula is C5H9BrClNO. The first-order valence-electron chi connectivity index (χ1n) is 2.51. The number of halogens is 2. The molecule has 0 heterocycles. The third kappa shape index (κ3) is 3.76. The number of nitrogens with one attached hydrogen (secondary N) is 1. The first-order valence-corrected chi connectivity index (χ1v) is 4.01. The van der Waals surface area contributed by atoms with E-state index < -0.39 is 4.87 Å². The summed E-state index contributed by atoms with van der Waals surface area (Å²) >= 11 is 8.68. The molecule has 0 aliphatic rings. The Kier molecular flexibility index (Phi) is 3.51. The first kappa shape index (κ1) is 9.24. The minimum Gasteiger partial charge on any atom is -0.345 e. The van der Waals surface area contributed by atoms with Crippen molar-refractivity contribution >= 4 is 33.4 Å². The Morgan fingerprint density at radius 3 is 2.33 bits per heavy atom. The molecule has 0 radical (unpaired) electrons. The number of rotatable bonds is 2. The molecule has 0 atom stereocenters. The molecule has 4 heteroatoms. The Balaban J connectivity index is 3.74. The predicted octanol–water partition coefficient (Wildman–Crippen LogP) is 1.47. The van der Waals surface area contributed by atoms with Crippen LogP contribution in [0.15, 0.2) is 0 Å². The van der Waals surface area contributed by atoms with E-state index in [-0.39, 0.29) is 5.91 Å². The number of alkyl halides is 2. The van der Waals surface area contributed by atoms with Crippen LogP contribution in [0.2, 0.25) is 0 Å². The quantitative estimate of drug-likeness (QED) is 0.547. The van der Waals surface area contributed by atoms with E-state index in [4.69, 9.17) is 11.6 Å². The SMILES string of the molecule is CC(C)(Cl)C(=O)NCBr. The first-order chi connectivity index (χ1) is 3.98. The molecule has 0 bridgehead atoms. The van der Waals surface area contributed by atoms with Crippen molar-refractivity contribution in [1.82, 2.24) is 5.32 Å². The van der Waals surface area contributed by atoms with Crippen molar-refractivity contribution in [3.63, 3.8) is 0 Å². The van der Waals surface area contributed by atoms with Gasteiger partial charge in [0.05, 0.1) is 5.45 Å². The average molecular weight is 214 g/mol. The summed E-state index contributed by atoms with van der Waals surface area (Å²) in [6.45, 7) is 3.29. The third-order valence-electron chi connectivity index (χ3n) is 0.767. The van der Waals surface area contributed by atoms with Crippen molar-refractivity contribution in [2.24, 2.45) is 0 Å². The number of hydrogen-bond donors (Lipinski definition) is 1. The van der Waals surface area contributed by atoms with Gasteiger partial charge < -0.3 is 5.32 Å². The Hall–Kier alpha value is 0.240. The van der Waals surface area contributed by atoms with Crippen LogP contribution in [0.1, 0.15) is 13.8 Å². The fourth-order valence-corrected chi connectivity index (χ4v) is 0.592. The largest absolute Gasteiger partial charge is 0.345 e. The second-order valence-corrected chi connectivity index (χ2v) is 3.62. The molecule has 0 aliphatic carbocycles. The van der Waals surface area contributed by atoms with Crippen LogP contribution < -0.4 is 5.32 Å². The van der Waals surface area contributed by atoms with Crippen LogP contribution in [0.4, 0.5) is 0 Å². The molecule has 0 saturated heterocycles. The second-order valence-electron chi connectivity index (χ2n) is 2.11. The van der Waals surface area contributed by atoms with Crippen molar-refractivity contribution in [2.45, 2.75) is 18.7 Å². The van der Waals surface area contributed by atoms with Gasteiger partial charge >= 0.3 is 0 Å². The Bertz CT molecular complexity index is 110. The Morgan fingerprint density at radius 1 is 1.78 bits per heavy atom. The highest BCUT2D eigenvalue weighted by atomic mass is 79.9. The van der Waals surface area contributed by atoms with Crippen LogP contribution in [0.3, 0.4) is 0 Å². The van der Waals surface area contributed by atoms with Crippen LogP contribution >= 0.6 is 27.5 Å². The maximum Gasteiger partial charge on any atom is 0.241 e. The van der Waals surface area contributed by atoms with Crippen molar-refractivity contribution in [1.29, 1.82) is 0 Å². The van der Waals surface area contributed by atoms with Gasteiger partial charge in [0, 0.05) is 0 Å². The lowest BCUT2D eigenvalue weighted by molar-refractivity contribution is -0.122. The molecule has 0 aromatic rings. The molecule has 0 aromatic carbocycles. The summed E-state index contributed by atoms with van der Waals surface area (Å²) < 4.78 is 0. The highest BCUT2D eigenvalue weighted by Crippen LogP contribution is 2.11. The fraction of sp³-hybridized carbons (Fsp3) is 0.800. The standard InChI is InChI=1S/C5H9BrClNO/c1-5(2,7)4(9)8-3-6/h3H2,1-2H3,(H,8,9). The smallest absolute Gasteiger partial charge is 0.241 e. The maximum absolute atomic E-state index is 10.8. The van der Waals surface area contributed by atoms with Crippen LogP contribution in [0, 0.1) is 0 Å². The molecule has 54 valence electrons. The zero-order chi connectivity index (χ0) is 7.49. The van der Waals surface area contributed by atoms with Gasteiger partial charge in [-0.25, -0.2) is 0 Å². The third-order valence-corrected chi connectivity index (χ3v) is 1.22. The highest BCUT2D eigenvalue weighted by Gasteiger charge is 2.22. The van der Waals surface area contributed by atoms with Crippen LogP contribution in [-0.4, -0.2) is 16.2 Å². The minimum absolute atomic E-state index is 0.166. The van der Waals surface area contributed by atoms with Gasteiger partial charge in [-0.2, -0.15) is 0 Å². The van der Waals surface area contributed by atoms with Crippen molar-refractivity contribution < 1.29 is 4.79 Å². The molecule has 2 nitrogen and oxygen atoms in total. The normalized spacial score (nSPS) is 11.1. The zero-order valence-corrected chi connectivity index (χ0v) is 7.71. The molecule has 1 amide bonds. The summed E-state index contributed by atoms with van der Waals surface area (Å²) in [5.41, 5.74) is 0.446. The lowest BCUT2D eigenvalue weighted by Crippen LogP contribution is -2.36. The molecule has 0 saturated carbocycles. The van der Waals surface area contributed by atoms with Gasteiger partial charge in [-0.15, -0.1) is 11.6 Å². The molecule has 1 N–H and O–H groups in total. The molecule has 0 spiro atoms. The van der Waals surface area contributed by atoms with Gasteiger partial charge in [0.15, 0.2) is 0 Å². The van der Waals surface area contributed by atoms with E-state index in [1.807, 2.05) is 0 Å². The number of carbonyl (C=O) groups is 1. The van der Waals surface area contributed by atoms with E-state index in [1.165, 1.54) is 0 Å². The lowest BCUT2D eigenvalue weighted by atomic mass is 10.2. The molecule has 0 aliphatic heterocycles. The molecule has 0 unspecified atom stereocenters. The van der Waals surface area contributed by atoms with E-state index in [1.54, 1.807) is 13.8 Å². The fourth-order valence-electron chi connectivity index (χ4n) is 0.271. The molecule has 9 heavy (non-hydrogen) atoms. The van der Waals surface area contributed by atoms with E-state index >= 15 is 0 Å². The van der Waals surface area contributed by atoms with Gasteiger partial charge in [0.2, 0.25) is 5.91 Å². The average Bonchev–Trinajstić information content (AvgIpc) is 1.64. The van der Waals surface area contributed by atoms with Gasteiger partial charge in [-0.3, -0.25) is 4.79 Å². The number of carbonyl (C=O) groups excluding carboxylic acids is 1. The summed E-state index contributed by atoms with van der Waals surface area (Å²) in [6, 6.07) is 0. The highest BCUT2D eigenvalue weighted by molar-refractivity contribution is 9.09. The number of hydrogen-bond acceptors (Lipinski definition) is 1. The summed E-state index contributed by atoms with van der Waals surface area (Å²) in [7, 11) is 0. The maximum atomic E-state index is 10.8. The van der Waals surface area contributed by atoms with Crippen molar-refractivity contribution in [3.05, 3.63) is 0 Å². The molecule has 0 fully saturated rings. The summed E-state index contributed by atoms with van der Waals surface area (Å²) in [4.78, 5) is 9.99. The summed E-state index contributed by atoms with van der Waals surface area (Å²) in [5.74, 6) is -0.166. The molecule has 0 aromatic heterocycles. The Labute approximate surface area is 68.1 Å². The topological polar surface area (TPSA) is 29.1 Å². The summed E-state index contributed by atoms with van der Waals surface area (Å²) in [6.07, 6.45) is 0. The minimum atomic E-state index is -0.798. The van der Waals surface area contributed by atoms with E-state index in [9.17, 15) is 4.79 Å². The van der Waals surface area contributed by atoms with Crippen LogP contribution in [0.5, 0.6) is 0 Å². The van der Waals surface area contributed by atoms with Gasteiger partial charge in [-0.1, -0.05) is 15.9 Å². The van der Waals surface area contributed by atoms with Gasteiger partial charge in [0.25, 0.3) is 0 Å².